The summed E-state index contributed by atoms with van der Waals surface area (Å²) in [7, 11) is 0. The van der Waals surface area contributed by atoms with Crippen LogP contribution in [0.2, 0.25) is 0 Å². The number of benzene rings is 1. The van der Waals surface area contributed by atoms with Crippen LogP contribution < -0.4 is 5.69 Å². The van der Waals surface area contributed by atoms with E-state index in [9.17, 15) is 9.59 Å². The molecule has 0 aliphatic carbocycles. The Labute approximate surface area is 136 Å². The first-order valence-electron chi connectivity index (χ1n) is 7.28. The molecule has 2 heterocycles. The van der Waals surface area contributed by atoms with E-state index in [0.717, 1.165) is 23.2 Å². The van der Waals surface area contributed by atoms with E-state index < -0.39 is 0 Å². The molecule has 3 rings (SSSR count). The van der Waals surface area contributed by atoms with Crippen molar-refractivity contribution in [1.82, 2.24) is 19.7 Å². The molecule has 0 radical (unpaired) electrons. The van der Waals surface area contributed by atoms with Crippen LogP contribution in [0, 0.1) is 5.92 Å². The maximum Gasteiger partial charge on any atom is 0.347 e. The van der Waals surface area contributed by atoms with Gasteiger partial charge >= 0.3 is 5.69 Å². The second-order valence-corrected chi connectivity index (χ2v) is 6.39. The van der Waals surface area contributed by atoms with E-state index in [1.807, 2.05) is 36.1 Å². The molecule has 1 N–H and O–H groups in total. The zero-order chi connectivity index (χ0) is 15.7. The van der Waals surface area contributed by atoms with Crippen LogP contribution in [0.15, 0.2) is 33.5 Å². The second kappa shape index (κ2) is 6.08. The minimum atomic E-state index is -0.238. The molecule has 0 unspecified atom stereocenters. The average molecular weight is 365 g/mol. The van der Waals surface area contributed by atoms with Gasteiger partial charge in [-0.25, -0.2) is 14.5 Å². The summed E-state index contributed by atoms with van der Waals surface area (Å²) < 4.78 is 2.55. The molecule has 7 heteroatoms. The minimum absolute atomic E-state index is 0.184. The molecule has 1 aliphatic heterocycles. The van der Waals surface area contributed by atoms with Crippen LogP contribution in [0.4, 0.5) is 0 Å². The summed E-state index contributed by atoms with van der Waals surface area (Å²) in [6.45, 7) is 3.36. The van der Waals surface area contributed by atoms with Crippen LogP contribution in [0.25, 0.3) is 5.69 Å². The normalized spacial score (nSPS) is 14.9. The number of halogens is 1. The predicted molar refractivity (Wildman–Crippen MR) is 85.9 cm³/mol. The molecule has 1 amide bonds. The zero-order valence-electron chi connectivity index (χ0n) is 12.3. The van der Waals surface area contributed by atoms with Gasteiger partial charge in [-0.05, 0) is 24.3 Å². The first kappa shape index (κ1) is 15.0. The largest absolute Gasteiger partial charge is 0.347 e. The number of H-pyrrole nitrogens is 1. The van der Waals surface area contributed by atoms with Crippen molar-refractivity contribution in [2.45, 2.75) is 19.8 Å². The van der Waals surface area contributed by atoms with E-state index in [-0.39, 0.29) is 11.6 Å². The summed E-state index contributed by atoms with van der Waals surface area (Å²) in [5.41, 5.74) is 0.552. The first-order chi connectivity index (χ1) is 10.6. The van der Waals surface area contributed by atoms with Crippen molar-refractivity contribution in [3.8, 4) is 5.69 Å². The number of rotatable bonds is 4. The summed E-state index contributed by atoms with van der Waals surface area (Å²) in [6.07, 6.45) is 1.22. The molecule has 116 valence electrons. The highest BCUT2D eigenvalue weighted by molar-refractivity contribution is 9.10. The molecule has 1 aliphatic rings. The van der Waals surface area contributed by atoms with Crippen LogP contribution in [0.1, 0.15) is 19.2 Å². The first-order valence-corrected chi connectivity index (χ1v) is 8.07. The monoisotopic (exact) mass is 364 g/mol. The standard InChI is InChI=1S/C15H17BrN4O2/c1-2-14(21)19-8-10(9-19)7-13-17-18-15(22)20(13)12-5-3-11(16)4-6-12/h3-6,10H,2,7-9H2,1H3,(H,18,22). The lowest BCUT2D eigenvalue weighted by Crippen LogP contribution is -2.50. The van der Waals surface area contributed by atoms with Crippen molar-refractivity contribution in [2.75, 3.05) is 13.1 Å². The van der Waals surface area contributed by atoms with Crippen LogP contribution >= 0.6 is 15.9 Å². The van der Waals surface area contributed by atoms with Gasteiger partial charge in [0.25, 0.3) is 0 Å². The highest BCUT2D eigenvalue weighted by atomic mass is 79.9. The summed E-state index contributed by atoms with van der Waals surface area (Å²) >= 11 is 3.39. The maximum absolute atomic E-state index is 12.0. The quantitative estimate of drug-likeness (QED) is 0.897. The lowest BCUT2D eigenvalue weighted by atomic mass is 9.95. The van der Waals surface area contributed by atoms with Gasteiger partial charge in [0.15, 0.2) is 0 Å². The maximum atomic E-state index is 12.0. The predicted octanol–water partition coefficient (Wildman–Crippen LogP) is 1.73. The fourth-order valence-corrected chi connectivity index (χ4v) is 2.97. The highest BCUT2D eigenvalue weighted by Gasteiger charge is 2.31. The van der Waals surface area contributed by atoms with Crippen LogP contribution in [-0.2, 0) is 11.2 Å². The van der Waals surface area contributed by atoms with Crippen molar-refractivity contribution in [3.63, 3.8) is 0 Å². The molecule has 1 aromatic carbocycles. The Hall–Kier alpha value is -1.89. The van der Waals surface area contributed by atoms with Gasteiger partial charge in [-0.3, -0.25) is 4.79 Å². The van der Waals surface area contributed by atoms with Crippen molar-refractivity contribution >= 4 is 21.8 Å². The van der Waals surface area contributed by atoms with E-state index in [1.54, 1.807) is 4.57 Å². The number of hydrogen-bond donors (Lipinski definition) is 1. The Morgan fingerprint density at radius 1 is 1.36 bits per heavy atom. The molecular formula is C15H17BrN4O2. The number of hydrogen-bond acceptors (Lipinski definition) is 3. The highest BCUT2D eigenvalue weighted by Crippen LogP contribution is 2.21. The fourth-order valence-electron chi connectivity index (χ4n) is 2.71. The zero-order valence-corrected chi connectivity index (χ0v) is 13.8. The van der Waals surface area contributed by atoms with Crippen molar-refractivity contribution < 1.29 is 4.79 Å². The van der Waals surface area contributed by atoms with E-state index in [2.05, 4.69) is 26.1 Å². The van der Waals surface area contributed by atoms with Crippen molar-refractivity contribution in [3.05, 3.63) is 45.0 Å². The Bertz CT molecular complexity index is 729. The number of carbonyl (C=O) groups excluding carboxylic acids is 1. The van der Waals surface area contributed by atoms with Gasteiger partial charge in [-0.2, -0.15) is 5.10 Å². The lowest BCUT2D eigenvalue weighted by Gasteiger charge is -2.39. The van der Waals surface area contributed by atoms with Crippen LogP contribution in [0.3, 0.4) is 0 Å². The third kappa shape index (κ3) is 2.85. The Morgan fingerprint density at radius 3 is 2.68 bits per heavy atom. The summed E-state index contributed by atoms with van der Waals surface area (Å²) in [6, 6.07) is 7.53. The number of likely N-dealkylation sites (tertiary alicyclic amines) is 1. The number of carbonyl (C=O) groups is 1. The van der Waals surface area contributed by atoms with Crippen LogP contribution in [0.5, 0.6) is 0 Å². The van der Waals surface area contributed by atoms with Crippen molar-refractivity contribution in [1.29, 1.82) is 0 Å². The molecule has 0 bridgehead atoms. The number of aromatic nitrogens is 3. The smallest absolute Gasteiger partial charge is 0.342 e. The Kier molecular flexibility index (Phi) is 4.15. The number of amides is 1. The molecule has 1 aromatic heterocycles. The number of aromatic amines is 1. The topological polar surface area (TPSA) is 71.0 Å². The summed E-state index contributed by atoms with van der Waals surface area (Å²) in [4.78, 5) is 25.4. The number of nitrogens with one attached hydrogen (secondary N) is 1. The molecular weight excluding hydrogens is 348 g/mol. The summed E-state index contributed by atoms with van der Waals surface area (Å²) in [5.74, 6) is 1.25. The molecule has 2 aromatic rings. The third-order valence-corrected chi connectivity index (χ3v) is 4.44. The second-order valence-electron chi connectivity index (χ2n) is 5.48. The van der Waals surface area contributed by atoms with Gasteiger partial charge in [0.2, 0.25) is 5.91 Å². The van der Waals surface area contributed by atoms with Gasteiger partial charge < -0.3 is 4.90 Å². The van der Waals surface area contributed by atoms with E-state index in [0.29, 0.717) is 24.6 Å². The molecule has 0 saturated carbocycles. The third-order valence-electron chi connectivity index (χ3n) is 3.91. The number of nitrogens with zero attached hydrogens (tertiary/aromatic N) is 3. The van der Waals surface area contributed by atoms with Gasteiger partial charge in [0, 0.05) is 36.3 Å². The SMILES string of the molecule is CCC(=O)N1CC(Cc2n[nH]c(=O)n2-c2ccc(Br)cc2)C1. The molecule has 0 spiro atoms. The molecule has 0 atom stereocenters. The Balaban J connectivity index is 1.75. The average Bonchev–Trinajstić information content (AvgIpc) is 2.83. The molecule has 22 heavy (non-hydrogen) atoms. The Morgan fingerprint density at radius 2 is 2.05 bits per heavy atom. The summed E-state index contributed by atoms with van der Waals surface area (Å²) in [5, 5.41) is 6.65. The van der Waals surface area contributed by atoms with Gasteiger partial charge in [0.1, 0.15) is 5.82 Å². The van der Waals surface area contributed by atoms with Crippen molar-refractivity contribution in [2.24, 2.45) is 5.92 Å². The van der Waals surface area contributed by atoms with Gasteiger partial charge in [-0.15, -0.1) is 0 Å². The molecule has 6 nitrogen and oxygen atoms in total. The van der Waals surface area contributed by atoms with Crippen LogP contribution in [-0.4, -0.2) is 38.7 Å². The lowest BCUT2D eigenvalue weighted by molar-refractivity contribution is -0.137. The van der Waals surface area contributed by atoms with E-state index in [4.69, 9.17) is 0 Å². The van der Waals surface area contributed by atoms with Gasteiger partial charge in [0.05, 0.1) is 5.69 Å². The molecule has 1 fully saturated rings. The molecule has 1 saturated heterocycles. The minimum Gasteiger partial charge on any atom is -0.342 e. The van der Waals surface area contributed by atoms with Gasteiger partial charge in [-0.1, -0.05) is 22.9 Å². The fraction of sp³-hybridized carbons (Fsp3) is 0.400. The van der Waals surface area contributed by atoms with E-state index >= 15 is 0 Å². The van der Waals surface area contributed by atoms with E-state index in [1.165, 1.54) is 0 Å².